The van der Waals surface area contributed by atoms with Crippen LogP contribution in [0.1, 0.15) is 24.3 Å². The number of carbonyl (C=O) groups is 1. The third kappa shape index (κ3) is 2.55. The third-order valence-electron chi connectivity index (χ3n) is 1.82. The van der Waals surface area contributed by atoms with Gasteiger partial charge in [-0.2, -0.15) is 0 Å². The molecule has 5 nitrogen and oxygen atoms in total. The number of aromatic nitrogens is 1. The maximum absolute atomic E-state index is 11.3. The van der Waals surface area contributed by atoms with Gasteiger partial charge in [0.25, 0.3) is 5.91 Å². The summed E-state index contributed by atoms with van der Waals surface area (Å²) < 4.78 is 4.54. The molecular formula is C8H13N3O2. The Morgan fingerprint density at radius 2 is 2.38 bits per heavy atom. The van der Waals surface area contributed by atoms with E-state index in [2.05, 4.69) is 15.0 Å². The van der Waals surface area contributed by atoms with Crippen LogP contribution in [-0.2, 0) is 0 Å². The lowest BCUT2D eigenvalue weighted by Gasteiger charge is -2.16. The van der Waals surface area contributed by atoms with Gasteiger partial charge in [0.15, 0.2) is 5.69 Å². The first kappa shape index (κ1) is 9.73. The molecule has 2 atom stereocenters. The normalized spacial score (nSPS) is 15.0. The molecule has 0 aliphatic carbocycles. The Kier molecular flexibility index (Phi) is 3.02. The molecule has 0 fully saturated rings. The van der Waals surface area contributed by atoms with E-state index in [1.165, 1.54) is 12.3 Å². The summed E-state index contributed by atoms with van der Waals surface area (Å²) in [5.41, 5.74) is 5.85. The van der Waals surface area contributed by atoms with Gasteiger partial charge in [-0.3, -0.25) is 4.79 Å². The van der Waals surface area contributed by atoms with E-state index >= 15 is 0 Å². The van der Waals surface area contributed by atoms with Gasteiger partial charge < -0.3 is 15.6 Å². The number of rotatable bonds is 3. The molecule has 13 heavy (non-hydrogen) atoms. The van der Waals surface area contributed by atoms with Gasteiger partial charge in [0.1, 0.15) is 6.26 Å². The van der Waals surface area contributed by atoms with Crippen LogP contribution in [0.5, 0.6) is 0 Å². The third-order valence-corrected chi connectivity index (χ3v) is 1.82. The van der Waals surface area contributed by atoms with Gasteiger partial charge in [-0.05, 0) is 13.8 Å². The molecule has 3 N–H and O–H groups in total. The summed E-state index contributed by atoms with van der Waals surface area (Å²) in [7, 11) is 0. The molecule has 1 aromatic rings. The van der Waals surface area contributed by atoms with E-state index in [4.69, 9.17) is 5.73 Å². The van der Waals surface area contributed by atoms with Crippen molar-refractivity contribution in [3.8, 4) is 0 Å². The standard InChI is InChI=1S/C8H13N3O2/c1-5(9)6(2)10-8(12)7-3-4-13-11-7/h3-6H,9H2,1-2H3,(H,10,12). The van der Waals surface area contributed by atoms with Gasteiger partial charge >= 0.3 is 0 Å². The van der Waals surface area contributed by atoms with Crippen molar-refractivity contribution in [2.45, 2.75) is 25.9 Å². The van der Waals surface area contributed by atoms with E-state index in [0.717, 1.165) is 0 Å². The summed E-state index contributed by atoms with van der Waals surface area (Å²) in [6.07, 6.45) is 1.35. The predicted molar refractivity (Wildman–Crippen MR) is 47.1 cm³/mol. The number of hydrogen-bond acceptors (Lipinski definition) is 4. The predicted octanol–water partition coefficient (Wildman–Crippen LogP) is 0.140. The smallest absolute Gasteiger partial charge is 0.273 e. The van der Waals surface area contributed by atoms with E-state index in [-0.39, 0.29) is 23.7 Å². The average molecular weight is 183 g/mol. The number of nitrogens with one attached hydrogen (secondary N) is 1. The zero-order chi connectivity index (χ0) is 9.84. The van der Waals surface area contributed by atoms with Crippen LogP contribution in [0.3, 0.4) is 0 Å². The molecule has 1 rings (SSSR count). The Balaban J connectivity index is 2.52. The van der Waals surface area contributed by atoms with E-state index < -0.39 is 0 Å². The highest BCUT2D eigenvalue weighted by atomic mass is 16.5. The first-order valence-corrected chi connectivity index (χ1v) is 4.08. The molecule has 72 valence electrons. The zero-order valence-corrected chi connectivity index (χ0v) is 7.65. The average Bonchev–Trinajstić information content (AvgIpc) is 2.55. The summed E-state index contributed by atoms with van der Waals surface area (Å²) in [4.78, 5) is 11.3. The molecule has 0 saturated heterocycles. The number of hydrogen-bond donors (Lipinski definition) is 2. The highest BCUT2D eigenvalue weighted by molar-refractivity contribution is 5.92. The van der Waals surface area contributed by atoms with E-state index in [1.54, 1.807) is 0 Å². The lowest BCUT2D eigenvalue weighted by Crippen LogP contribution is -2.44. The van der Waals surface area contributed by atoms with Crippen LogP contribution in [0.4, 0.5) is 0 Å². The summed E-state index contributed by atoms with van der Waals surface area (Å²) in [6, 6.07) is 1.34. The highest BCUT2D eigenvalue weighted by Gasteiger charge is 2.14. The Labute approximate surface area is 76.3 Å². The topological polar surface area (TPSA) is 81.1 Å². The SMILES string of the molecule is CC(N)C(C)NC(=O)c1ccon1. The Morgan fingerprint density at radius 1 is 1.69 bits per heavy atom. The Morgan fingerprint density at radius 3 is 2.85 bits per heavy atom. The van der Waals surface area contributed by atoms with Crippen molar-refractivity contribution in [1.29, 1.82) is 0 Å². The number of nitrogens with zero attached hydrogens (tertiary/aromatic N) is 1. The molecule has 5 heteroatoms. The molecule has 2 unspecified atom stereocenters. The molecule has 1 heterocycles. The van der Waals surface area contributed by atoms with Crippen molar-refractivity contribution in [3.63, 3.8) is 0 Å². The fourth-order valence-electron chi connectivity index (χ4n) is 0.742. The van der Waals surface area contributed by atoms with E-state index in [9.17, 15) is 4.79 Å². The quantitative estimate of drug-likeness (QED) is 0.698. The molecule has 0 aliphatic rings. The summed E-state index contributed by atoms with van der Waals surface area (Å²) >= 11 is 0. The van der Waals surface area contributed by atoms with Gasteiger partial charge in [-0.15, -0.1) is 0 Å². The lowest BCUT2D eigenvalue weighted by atomic mass is 10.2. The highest BCUT2D eigenvalue weighted by Crippen LogP contribution is 1.96. The summed E-state index contributed by atoms with van der Waals surface area (Å²) in [6.45, 7) is 3.66. The van der Waals surface area contributed by atoms with Crippen LogP contribution >= 0.6 is 0 Å². The minimum atomic E-state index is -0.265. The maximum atomic E-state index is 11.3. The van der Waals surface area contributed by atoms with Gasteiger partial charge in [0.2, 0.25) is 0 Å². The van der Waals surface area contributed by atoms with Crippen molar-refractivity contribution < 1.29 is 9.32 Å². The molecule has 1 amide bonds. The zero-order valence-electron chi connectivity index (χ0n) is 7.65. The minimum absolute atomic E-state index is 0.0794. The van der Waals surface area contributed by atoms with E-state index in [1.807, 2.05) is 13.8 Å². The second-order valence-corrected chi connectivity index (χ2v) is 3.01. The van der Waals surface area contributed by atoms with Crippen LogP contribution in [0.25, 0.3) is 0 Å². The van der Waals surface area contributed by atoms with E-state index in [0.29, 0.717) is 0 Å². The van der Waals surface area contributed by atoms with Crippen molar-refractivity contribution in [2.24, 2.45) is 5.73 Å². The summed E-state index contributed by atoms with van der Waals surface area (Å²) in [5.74, 6) is -0.265. The molecule has 0 saturated carbocycles. The second kappa shape index (κ2) is 4.04. The van der Waals surface area contributed by atoms with Crippen LogP contribution in [-0.4, -0.2) is 23.1 Å². The first-order valence-electron chi connectivity index (χ1n) is 4.08. The van der Waals surface area contributed by atoms with Crippen molar-refractivity contribution in [1.82, 2.24) is 10.5 Å². The summed E-state index contributed by atoms with van der Waals surface area (Å²) in [5, 5.41) is 6.20. The van der Waals surface area contributed by atoms with Gasteiger partial charge in [0.05, 0.1) is 0 Å². The second-order valence-electron chi connectivity index (χ2n) is 3.01. The van der Waals surface area contributed by atoms with Crippen molar-refractivity contribution in [3.05, 3.63) is 18.0 Å². The fourth-order valence-corrected chi connectivity index (χ4v) is 0.742. The molecule has 0 aliphatic heterocycles. The first-order chi connectivity index (χ1) is 6.11. The number of amides is 1. The van der Waals surface area contributed by atoms with Crippen molar-refractivity contribution >= 4 is 5.91 Å². The Bertz CT molecular complexity index is 269. The van der Waals surface area contributed by atoms with Gasteiger partial charge in [-0.25, -0.2) is 0 Å². The minimum Gasteiger partial charge on any atom is -0.364 e. The molecular weight excluding hydrogens is 170 g/mol. The molecule has 0 spiro atoms. The lowest BCUT2D eigenvalue weighted by molar-refractivity contribution is 0.0926. The monoisotopic (exact) mass is 183 g/mol. The molecule has 0 bridgehead atoms. The fraction of sp³-hybridized carbons (Fsp3) is 0.500. The van der Waals surface area contributed by atoms with Crippen LogP contribution < -0.4 is 11.1 Å². The maximum Gasteiger partial charge on any atom is 0.273 e. The van der Waals surface area contributed by atoms with Gasteiger partial charge in [0, 0.05) is 18.2 Å². The molecule has 0 aromatic carbocycles. The number of nitrogens with two attached hydrogens (primary N) is 1. The van der Waals surface area contributed by atoms with Gasteiger partial charge in [-0.1, -0.05) is 5.16 Å². The van der Waals surface area contributed by atoms with Crippen LogP contribution in [0.2, 0.25) is 0 Å². The van der Waals surface area contributed by atoms with Crippen molar-refractivity contribution in [2.75, 3.05) is 0 Å². The molecule has 1 aromatic heterocycles. The molecule has 0 radical (unpaired) electrons. The van der Waals surface area contributed by atoms with Crippen LogP contribution in [0, 0.1) is 0 Å². The largest absolute Gasteiger partial charge is 0.364 e. The number of carbonyl (C=O) groups excluding carboxylic acids is 1. The Hall–Kier alpha value is -1.36. The van der Waals surface area contributed by atoms with Crippen LogP contribution in [0.15, 0.2) is 16.9 Å².